The van der Waals surface area contributed by atoms with Gasteiger partial charge in [-0.15, -0.1) is 0 Å². The summed E-state index contributed by atoms with van der Waals surface area (Å²) in [7, 11) is 1.34. The van der Waals surface area contributed by atoms with Gasteiger partial charge in [0.25, 0.3) is 0 Å². The number of unbranched alkanes of at least 4 members (excludes halogenated alkanes) is 5. The summed E-state index contributed by atoms with van der Waals surface area (Å²) >= 11 is 0. The molecule has 0 spiro atoms. The zero-order valence-corrected chi connectivity index (χ0v) is 29.6. The Morgan fingerprint density at radius 3 is 1.63 bits per heavy atom. The molecule has 2 amide bonds. The van der Waals surface area contributed by atoms with Crippen LogP contribution < -0.4 is 10.6 Å². The average Bonchev–Trinajstić information content (AvgIpc) is 3.11. The van der Waals surface area contributed by atoms with Crippen LogP contribution in [0.25, 0.3) is 0 Å². The summed E-state index contributed by atoms with van der Waals surface area (Å²) < 4.78 is 39.4. The first-order valence-electron chi connectivity index (χ1n) is 17.5. The minimum absolute atomic E-state index is 0.102. The van der Waals surface area contributed by atoms with Gasteiger partial charge >= 0.3 is 5.97 Å². The molecule has 302 valence electrons. The second-order valence-electron chi connectivity index (χ2n) is 13.1. The van der Waals surface area contributed by atoms with Crippen LogP contribution in [-0.2, 0) is 47.5 Å². The van der Waals surface area contributed by atoms with Crippen molar-refractivity contribution in [1.82, 2.24) is 10.6 Å². The van der Waals surface area contributed by atoms with Gasteiger partial charge in [-0.25, -0.2) is 0 Å². The molecule has 0 saturated carbocycles. The largest absolute Gasteiger partial charge is 0.469 e. The Morgan fingerprint density at radius 1 is 0.596 bits per heavy atom. The predicted octanol–water partition coefficient (Wildman–Crippen LogP) is -4.36. The molecule has 20 nitrogen and oxygen atoms in total. The van der Waals surface area contributed by atoms with Crippen molar-refractivity contribution < 1.29 is 88.4 Å². The van der Waals surface area contributed by atoms with Gasteiger partial charge in [0.15, 0.2) is 18.9 Å². The van der Waals surface area contributed by atoms with Gasteiger partial charge in [0.2, 0.25) is 11.8 Å². The topological polar surface area (TPSA) is 302 Å². The van der Waals surface area contributed by atoms with E-state index in [9.17, 15) is 55.2 Å². The summed E-state index contributed by atoms with van der Waals surface area (Å²) in [4.78, 5) is 35.1. The number of esters is 1. The van der Waals surface area contributed by atoms with Crippen LogP contribution in [0.4, 0.5) is 0 Å². The molecule has 0 aromatic carbocycles. The third-order valence-electron chi connectivity index (χ3n) is 9.14. The van der Waals surface area contributed by atoms with E-state index in [1.807, 2.05) is 0 Å². The number of methoxy groups -OCH3 is 1. The number of ether oxygens (including phenoxy) is 7. The molecule has 3 heterocycles. The molecule has 20 heteroatoms. The standard InChI is InChI=1S/C32H56N2O18/c1-15(37)33-21-26(43)23(40)17(12-35)49-30(21)48-14-19-25(42)29(52-31-22(34-16(2)38)27(44)24(41)18(13-36)50-31)28(45)32(51-19)47-11-9-7-5-4-6-8-10-20(39)46-3/h17-19,21-32,35-36,40-45H,4-14H2,1-3H3,(H,33,37)(H,34,38)/t17-,18-,19-,21-,22-,23-,24-,25-,26-,27-,28+,29+,30-,31+,32+/m1/s1. The minimum Gasteiger partial charge on any atom is -0.469 e. The zero-order chi connectivity index (χ0) is 38.5. The fraction of sp³-hybridized carbons (Fsp3) is 0.906. The highest BCUT2D eigenvalue weighted by atomic mass is 16.7. The van der Waals surface area contributed by atoms with Crippen LogP contribution in [0.2, 0.25) is 0 Å². The van der Waals surface area contributed by atoms with Crippen molar-refractivity contribution >= 4 is 17.8 Å². The highest BCUT2D eigenvalue weighted by Gasteiger charge is 2.52. The molecule has 0 unspecified atom stereocenters. The first-order valence-corrected chi connectivity index (χ1v) is 17.5. The van der Waals surface area contributed by atoms with Crippen molar-refractivity contribution in [3.05, 3.63) is 0 Å². The van der Waals surface area contributed by atoms with Crippen LogP contribution in [-0.4, -0.2) is 184 Å². The van der Waals surface area contributed by atoms with Crippen LogP contribution in [0.5, 0.6) is 0 Å². The average molecular weight is 757 g/mol. The second-order valence-corrected chi connectivity index (χ2v) is 13.1. The maximum Gasteiger partial charge on any atom is 0.305 e. The lowest BCUT2D eigenvalue weighted by Crippen LogP contribution is -2.68. The van der Waals surface area contributed by atoms with Crippen LogP contribution in [0, 0.1) is 0 Å². The number of carbonyl (C=O) groups excluding carboxylic acids is 3. The Labute approximate surface area is 301 Å². The van der Waals surface area contributed by atoms with Crippen LogP contribution in [0.15, 0.2) is 0 Å². The van der Waals surface area contributed by atoms with E-state index in [0.717, 1.165) is 39.5 Å². The van der Waals surface area contributed by atoms with Crippen LogP contribution >= 0.6 is 0 Å². The van der Waals surface area contributed by atoms with Crippen molar-refractivity contribution in [2.45, 2.75) is 151 Å². The molecule has 0 bridgehead atoms. The van der Waals surface area contributed by atoms with Crippen molar-refractivity contribution in [2.75, 3.05) is 33.5 Å². The molecule has 3 aliphatic rings. The number of rotatable bonds is 19. The molecule has 3 rings (SSSR count). The molecule has 3 aliphatic heterocycles. The molecule has 3 fully saturated rings. The summed E-state index contributed by atoms with van der Waals surface area (Å²) in [5.74, 6) is -1.48. The minimum atomic E-state index is -1.73. The van der Waals surface area contributed by atoms with Gasteiger partial charge in [-0.3, -0.25) is 14.4 Å². The van der Waals surface area contributed by atoms with E-state index in [1.165, 1.54) is 7.11 Å². The van der Waals surface area contributed by atoms with E-state index in [-0.39, 0.29) is 12.6 Å². The van der Waals surface area contributed by atoms with E-state index >= 15 is 0 Å². The SMILES string of the molecule is COC(=O)CCCCCCCCO[C@H]1O[C@H](CO[C@@H]2O[C@H](CO)[C@@H](O)[C@H](O)[C@H]2NC(C)=O)[C@@H](O)[C@H](O[C@@H]2O[C@H](CO)[C@@H](O)[C@H](O)[C@H]2NC(C)=O)[C@@H]1O. The molecule has 0 aromatic rings. The Bertz CT molecular complexity index is 1110. The van der Waals surface area contributed by atoms with Gasteiger partial charge in [0.05, 0.1) is 26.9 Å². The first kappa shape index (κ1) is 44.2. The van der Waals surface area contributed by atoms with Gasteiger partial charge in [-0.2, -0.15) is 0 Å². The number of amides is 2. The van der Waals surface area contributed by atoms with E-state index in [2.05, 4.69) is 15.4 Å². The number of aliphatic hydroxyl groups excluding tert-OH is 8. The fourth-order valence-electron chi connectivity index (χ4n) is 6.26. The van der Waals surface area contributed by atoms with E-state index < -0.39 is 124 Å². The molecule has 15 atom stereocenters. The van der Waals surface area contributed by atoms with E-state index in [0.29, 0.717) is 19.3 Å². The monoisotopic (exact) mass is 756 g/mol. The maximum absolute atomic E-state index is 12.0. The highest BCUT2D eigenvalue weighted by molar-refractivity contribution is 5.73. The quantitative estimate of drug-likeness (QED) is 0.0440. The highest BCUT2D eigenvalue weighted by Crippen LogP contribution is 2.31. The fourth-order valence-corrected chi connectivity index (χ4v) is 6.26. The Balaban J connectivity index is 1.75. The van der Waals surface area contributed by atoms with Gasteiger partial charge < -0.3 is 84.6 Å². The lowest BCUT2D eigenvalue weighted by Gasteiger charge is -2.47. The van der Waals surface area contributed by atoms with Crippen LogP contribution in [0.1, 0.15) is 58.8 Å². The molecule has 0 aromatic heterocycles. The smallest absolute Gasteiger partial charge is 0.305 e. The normalized spacial score (nSPS) is 38.0. The molecular weight excluding hydrogens is 700 g/mol. The summed E-state index contributed by atoms with van der Waals surface area (Å²) in [5, 5.41) is 89.1. The third kappa shape index (κ3) is 12.2. The summed E-state index contributed by atoms with van der Waals surface area (Å²) in [6, 6.07) is -2.71. The number of nitrogens with one attached hydrogen (secondary N) is 2. The molecule has 0 radical (unpaired) electrons. The molecule has 0 aliphatic carbocycles. The number of hydrogen-bond donors (Lipinski definition) is 10. The molecule has 10 N–H and O–H groups in total. The van der Waals surface area contributed by atoms with Crippen molar-refractivity contribution in [3.8, 4) is 0 Å². The van der Waals surface area contributed by atoms with Gasteiger partial charge in [0, 0.05) is 26.9 Å². The Morgan fingerprint density at radius 2 is 1.10 bits per heavy atom. The van der Waals surface area contributed by atoms with Gasteiger partial charge in [0.1, 0.15) is 73.1 Å². The lowest BCUT2D eigenvalue weighted by molar-refractivity contribution is -0.353. The summed E-state index contributed by atoms with van der Waals surface area (Å²) in [5.41, 5.74) is 0. The van der Waals surface area contributed by atoms with Crippen molar-refractivity contribution in [1.29, 1.82) is 0 Å². The first-order chi connectivity index (χ1) is 24.7. The maximum atomic E-state index is 12.0. The summed E-state index contributed by atoms with van der Waals surface area (Å²) in [6.07, 6.45) is -15.2. The van der Waals surface area contributed by atoms with Crippen LogP contribution in [0.3, 0.4) is 0 Å². The van der Waals surface area contributed by atoms with E-state index in [4.69, 9.17) is 28.4 Å². The molecular formula is C32H56N2O18. The Kier molecular flexibility index (Phi) is 18.4. The number of carbonyl (C=O) groups is 3. The van der Waals surface area contributed by atoms with Crippen molar-refractivity contribution in [3.63, 3.8) is 0 Å². The van der Waals surface area contributed by atoms with Gasteiger partial charge in [-0.1, -0.05) is 25.7 Å². The molecule has 52 heavy (non-hydrogen) atoms. The van der Waals surface area contributed by atoms with Gasteiger partial charge in [-0.05, 0) is 12.8 Å². The predicted molar refractivity (Wildman–Crippen MR) is 173 cm³/mol. The van der Waals surface area contributed by atoms with E-state index in [1.54, 1.807) is 0 Å². The molecule has 3 saturated heterocycles. The number of hydrogen-bond acceptors (Lipinski definition) is 18. The lowest BCUT2D eigenvalue weighted by atomic mass is 9.95. The third-order valence-corrected chi connectivity index (χ3v) is 9.14. The summed E-state index contributed by atoms with van der Waals surface area (Å²) in [6.45, 7) is 0.421. The zero-order valence-electron chi connectivity index (χ0n) is 29.6. The Hall–Kier alpha value is -2.15. The number of aliphatic hydroxyl groups is 8. The van der Waals surface area contributed by atoms with Crippen molar-refractivity contribution in [2.24, 2.45) is 0 Å². The second kappa shape index (κ2) is 21.7.